The van der Waals surface area contributed by atoms with Crippen molar-refractivity contribution in [2.75, 3.05) is 19.4 Å². The molecule has 1 aromatic rings. The monoisotopic (exact) mass is 276 g/mol. The topological polar surface area (TPSA) is 98.5 Å². The van der Waals surface area contributed by atoms with Gasteiger partial charge < -0.3 is 10.5 Å². The molecule has 1 rings (SSSR count). The molecule has 0 aromatic heterocycles. The summed E-state index contributed by atoms with van der Waals surface area (Å²) >= 11 is 0. The number of benzene rings is 1. The average Bonchev–Trinajstić information content (AvgIpc) is 2.30. The van der Waals surface area contributed by atoms with Gasteiger partial charge in [0.2, 0.25) is 10.0 Å². The van der Waals surface area contributed by atoms with Crippen molar-refractivity contribution in [3.05, 3.63) is 23.5 Å². The summed E-state index contributed by atoms with van der Waals surface area (Å²) in [7, 11) is -2.80. The molecule has 0 unspecified atom stereocenters. The van der Waals surface area contributed by atoms with E-state index in [4.69, 9.17) is 5.73 Å². The Morgan fingerprint density at radius 2 is 2.11 bits per heavy atom. The van der Waals surface area contributed by atoms with Crippen LogP contribution in [0.25, 0.3) is 0 Å². The summed E-state index contributed by atoms with van der Waals surface area (Å²) in [5.74, 6) is -1.43. The van der Waals surface area contributed by atoms with Crippen molar-refractivity contribution < 1.29 is 22.3 Å². The van der Waals surface area contributed by atoms with E-state index in [1.54, 1.807) is 0 Å². The highest BCUT2D eigenvalue weighted by molar-refractivity contribution is 7.89. The van der Waals surface area contributed by atoms with Crippen LogP contribution < -0.4 is 10.5 Å². The van der Waals surface area contributed by atoms with E-state index in [1.165, 1.54) is 6.92 Å². The number of aryl methyl sites for hydroxylation is 1. The highest BCUT2D eigenvalue weighted by Crippen LogP contribution is 2.21. The van der Waals surface area contributed by atoms with E-state index in [0.29, 0.717) is 0 Å². The lowest BCUT2D eigenvalue weighted by Gasteiger charge is -2.09. The van der Waals surface area contributed by atoms with E-state index >= 15 is 0 Å². The number of nitrogens with two attached hydrogens (primary N) is 1. The number of sulfonamides is 1. The maximum atomic E-state index is 13.1. The fourth-order valence-electron chi connectivity index (χ4n) is 1.26. The molecule has 6 nitrogen and oxygen atoms in total. The van der Waals surface area contributed by atoms with E-state index in [9.17, 15) is 17.6 Å². The van der Waals surface area contributed by atoms with Gasteiger partial charge in [-0.2, -0.15) is 4.72 Å². The molecule has 0 aliphatic heterocycles. The number of rotatable bonds is 4. The number of hydrogen-bond donors (Lipinski definition) is 2. The second-order valence-corrected chi connectivity index (χ2v) is 5.28. The van der Waals surface area contributed by atoms with E-state index in [1.807, 2.05) is 4.72 Å². The van der Waals surface area contributed by atoms with Crippen molar-refractivity contribution in [1.82, 2.24) is 4.72 Å². The molecular formula is C10H13FN2O4S. The summed E-state index contributed by atoms with van der Waals surface area (Å²) in [5.41, 5.74) is 5.22. The fourth-order valence-corrected chi connectivity index (χ4v) is 2.49. The molecule has 0 fully saturated rings. The van der Waals surface area contributed by atoms with Gasteiger partial charge in [0.05, 0.1) is 17.7 Å². The van der Waals surface area contributed by atoms with Gasteiger partial charge in [-0.1, -0.05) is 0 Å². The smallest absolute Gasteiger partial charge is 0.320 e. The maximum Gasteiger partial charge on any atom is 0.320 e. The SMILES string of the molecule is COC(=O)CNS(=O)(=O)c1cc(N)c(F)cc1C. The summed E-state index contributed by atoms with van der Waals surface area (Å²) in [6, 6.07) is 2.02. The third kappa shape index (κ3) is 3.17. The highest BCUT2D eigenvalue weighted by Gasteiger charge is 2.19. The van der Waals surface area contributed by atoms with Crippen LogP contribution in [0.3, 0.4) is 0 Å². The first-order valence-corrected chi connectivity index (χ1v) is 6.38. The van der Waals surface area contributed by atoms with E-state index in [0.717, 1.165) is 19.2 Å². The first-order valence-electron chi connectivity index (χ1n) is 4.90. The summed E-state index contributed by atoms with van der Waals surface area (Å²) < 4.78 is 43.1. The van der Waals surface area contributed by atoms with Gasteiger partial charge in [-0.05, 0) is 24.6 Å². The Bertz CT molecular complexity index is 571. The Morgan fingerprint density at radius 3 is 2.67 bits per heavy atom. The summed E-state index contributed by atoms with van der Waals surface area (Å²) in [4.78, 5) is 10.7. The molecule has 0 aliphatic rings. The van der Waals surface area contributed by atoms with Gasteiger partial charge in [0, 0.05) is 0 Å². The molecule has 0 heterocycles. The first kappa shape index (κ1) is 14.4. The van der Waals surface area contributed by atoms with Crippen LogP contribution in [-0.2, 0) is 19.6 Å². The van der Waals surface area contributed by atoms with Gasteiger partial charge in [0.1, 0.15) is 12.4 Å². The molecule has 0 saturated heterocycles. The predicted octanol–water partition coefficient (Wildman–Crippen LogP) is 0.168. The molecule has 8 heteroatoms. The second-order valence-electron chi connectivity index (χ2n) is 3.54. The third-order valence-corrected chi connectivity index (χ3v) is 3.76. The number of carbonyl (C=O) groups is 1. The molecule has 0 aliphatic carbocycles. The van der Waals surface area contributed by atoms with Crippen molar-refractivity contribution >= 4 is 21.7 Å². The zero-order valence-corrected chi connectivity index (χ0v) is 10.7. The van der Waals surface area contributed by atoms with Gasteiger partial charge in [0.15, 0.2) is 0 Å². The zero-order chi connectivity index (χ0) is 13.9. The molecule has 0 atom stereocenters. The molecular weight excluding hydrogens is 263 g/mol. The number of nitrogens with one attached hydrogen (secondary N) is 1. The molecule has 0 spiro atoms. The molecule has 100 valence electrons. The summed E-state index contributed by atoms with van der Waals surface area (Å²) in [5, 5.41) is 0. The Hall–Kier alpha value is -1.67. The van der Waals surface area contributed by atoms with Crippen LogP contribution in [0.5, 0.6) is 0 Å². The van der Waals surface area contributed by atoms with Crippen LogP contribution in [0.4, 0.5) is 10.1 Å². The number of methoxy groups -OCH3 is 1. The van der Waals surface area contributed by atoms with Crippen LogP contribution in [0.15, 0.2) is 17.0 Å². The minimum Gasteiger partial charge on any atom is -0.468 e. The Kier molecular flexibility index (Phi) is 4.25. The normalized spacial score (nSPS) is 11.3. The summed E-state index contributed by atoms with van der Waals surface area (Å²) in [6.07, 6.45) is 0. The second kappa shape index (κ2) is 5.32. The highest BCUT2D eigenvalue weighted by atomic mass is 32.2. The Morgan fingerprint density at radius 1 is 1.50 bits per heavy atom. The first-order chi connectivity index (χ1) is 8.27. The predicted molar refractivity (Wildman–Crippen MR) is 62.8 cm³/mol. The van der Waals surface area contributed by atoms with Crippen LogP contribution in [0, 0.1) is 12.7 Å². The Balaban J connectivity index is 3.06. The molecule has 0 saturated carbocycles. The van der Waals surface area contributed by atoms with Crippen LogP contribution in [0.2, 0.25) is 0 Å². The lowest BCUT2D eigenvalue weighted by molar-refractivity contribution is -0.139. The van der Waals surface area contributed by atoms with Crippen molar-refractivity contribution in [2.24, 2.45) is 0 Å². The number of hydrogen-bond acceptors (Lipinski definition) is 5. The molecule has 18 heavy (non-hydrogen) atoms. The largest absolute Gasteiger partial charge is 0.468 e. The lowest BCUT2D eigenvalue weighted by atomic mass is 10.2. The van der Waals surface area contributed by atoms with Gasteiger partial charge in [-0.15, -0.1) is 0 Å². The minimum absolute atomic E-state index is 0.176. The van der Waals surface area contributed by atoms with Crippen LogP contribution in [-0.4, -0.2) is 28.0 Å². The Labute approximate surface area is 104 Å². The van der Waals surface area contributed by atoms with Crippen LogP contribution in [0.1, 0.15) is 5.56 Å². The fraction of sp³-hybridized carbons (Fsp3) is 0.300. The standard InChI is InChI=1S/C10H13FN2O4S/c1-6-3-7(11)8(12)4-9(6)18(15,16)13-5-10(14)17-2/h3-4,13H,5,12H2,1-2H3. The zero-order valence-electron chi connectivity index (χ0n) is 9.86. The van der Waals surface area contributed by atoms with E-state index in [-0.39, 0.29) is 16.1 Å². The molecule has 3 N–H and O–H groups in total. The molecule has 1 aromatic carbocycles. The van der Waals surface area contributed by atoms with Crippen LogP contribution >= 0.6 is 0 Å². The molecule has 0 amide bonds. The summed E-state index contributed by atoms with van der Waals surface area (Å²) in [6.45, 7) is 0.921. The van der Waals surface area contributed by atoms with Gasteiger partial charge in [0.25, 0.3) is 0 Å². The molecule has 0 radical (unpaired) electrons. The lowest BCUT2D eigenvalue weighted by Crippen LogP contribution is -2.30. The molecule has 0 bridgehead atoms. The van der Waals surface area contributed by atoms with Crippen molar-refractivity contribution in [2.45, 2.75) is 11.8 Å². The average molecular weight is 276 g/mol. The van der Waals surface area contributed by atoms with Crippen molar-refractivity contribution in [3.8, 4) is 0 Å². The van der Waals surface area contributed by atoms with Gasteiger partial charge >= 0.3 is 5.97 Å². The minimum atomic E-state index is -3.93. The number of esters is 1. The van der Waals surface area contributed by atoms with Crippen molar-refractivity contribution in [3.63, 3.8) is 0 Å². The van der Waals surface area contributed by atoms with E-state index < -0.39 is 28.4 Å². The maximum absolute atomic E-state index is 13.1. The number of halogens is 1. The van der Waals surface area contributed by atoms with Gasteiger partial charge in [-0.3, -0.25) is 4.79 Å². The number of nitrogen functional groups attached to an aromatic ring is 1. The number of carbonyl (C=O) groups excluding carboxylic acids is 1. The quantitative estimate of drug-likeness (QED) is 0.603. The number of anilines is 1. The van der Waals surface area contributed by atoms with E-state index in [2.05, 4.69) is 4.74 Å². The van der Waals surface area contributed by atoms with Crippen molar-refractivity contribution in [1.29, 1.82) is 0 Å². The third-order valence-electron chi connectivity index (χ3n) is 2.22. The van der Waals surface area contributed by atoms with Gasteiger partial charge in [-0.25, -0.2) is 12.8 Å². The number of ether oxygens (including phenoxy) is 1.